The van der Waals surface area contributed by atoms with Crippen LogP contribution in [-0.4, -0.2) is 51.2 Å². The van der Waals surface area contributed by atoms with Crippen molar-refractivity contribution >= 4 is 5.91 Å². The van der Waals surface area contributed by atoms with Crippen LogP contribution in [0.1, 0.15) is 30.9 Å². The van der Waals surface area contributed by atoms with Crippen molar-refractivity contribution in [1.29, 1.82) is 0 Å². The molecule has 0 aliphatic carbocycles. The van der Waals surface area contributed by atoms with E-state index in [9.17, 15) is 4.79 Å². The van der Waals surface area contributed by atoms with E-state index in [1.165, 1.54) is 5.56 Å². The van der Waals surface area contributed by atoms with Gasteiger partial charge in [0.25, 0.3) is 0 Å². The Balaban J connectivity index is 1.53. The zero-order valence-electron chi connectivity index (χ0n) is 15.3. The van der Waals surface area contributed by atoms with Gasteiger partial charge in [0.2, 0.25) is 5.91 Å². The van der Waals surface area contributed by atoms with Gasteiger partial charge in [0.05, 0.1) is 6.20 Å². The molecule has 3 rings (SSSR count). The van der Waals surface area contributed by atoms with E-state index in [-0.39, 0.29) is 11.9 Å². The largest absolute Gasteiger partial charge is 0.339 e. The molecule has 0 saturated carbocycles. The van der Waals surface area contributed by atoms with Gasteiger partial charge in [-0.2, -0.15) is 5.10 Å². The molecule has 0 spiro atoms. The van der Waals surface area contributed by atoms with Gasteiger partial charge in [0.1, 0.15) is 0 Å². The summed E-state index contributed by atoms with van der Waals surface area (Å²) in [5.74, 6) is 0.238. The molecule has 1 amide bonds. The summed E-state index contributed by atoms with van der Waals surface area (Å²) in [7, 11) is 0. The minimum absolute atomic E-state index is 0.238. The lowest BCUT2D eigenvalue weighted by Gasteiger charge is -2.29. The zero-order valence-corrected chi connectivity index (χ0v) is 15.3. The quantitative estimate of drug-likeness (QED) is 0.840. The van der Waals surface area contributed by atoms with Crippen LogP contribution < -0.4 is 0 Å². The normalized spacial score (nSPS) is 19.0. The molecular weight excluding hydrogens is 312 g/mol. The second-order valence-corrected chi connectivity index (χ2v) is 7.04. The molecule has 5 heteroatoms. The average Bonchev–Trinajstić information content (AvgIpc) is 2.93. The van der Waals surface area contributed by atoms with Gasteiger partial charge in [-0.25, -0.2) is 0 Å². The Kier molecular flexibility index (Phi) is 5.87. The van der Waals surface area contributed by atoms with Crippen LogP contribution in [0, 0.1) is 6.92 Å². The number of benzene rings is 1. The summed E-state index contributed by atoms with van der Waals surface area (Å²) in [5, 5.41) is 4.27. The fourth-order valence-corrected chi connectivity index (χ4v) is 3.55. The first kappa shape index (κ1) is 17.7. The van der Waals surface area contributed by atoms with Crippen molar-refractivity contribution in [2.45, 2.75) is 45.8 Å². The van der Waals surface area contributed by atoms with E-state index in [4.69, 9.17) is 0 Å². The Labute approximate surface area is 150 Å². The van der Waals surface area contributed by atoms with Crippen LogP contribution in [0.15, 0.2) is 42.7 Å². The van der Waals surface area contributed by atoms with Crippen molar-refractivity contribution in [1.82, 2.24) is 19.6 Å². The second-order valence-electron chi connectivity index (χ2n) is 7.04. The first-order valence-electron chi connectivity index (χ1n) is 9.16. The third-order valence-electron chi connectivity index (χ3n) is 4.81. The number of hydrogen-bond acceptors (Lipinski definition) is 3. The van der Waals surface area contributed by atoms with E-state index in [1.54, 1.807) is 0 Å². The van der Waals surface area contributed by atoms with E-state index in [1.807, 2.05) is 24.0 Å². The van der Waals surface area contributed by atoms with Gasteiger partial charge >= 0.3 is 0 Å². The van der Waals surface area contributed by atoms with Gasteiger partial charge in [-0.05, 0) is 31.4 Å². The Morgan fingerprint density at radius 2 is 2.04 bits per heavy atom. The predicted octanol–water partition coefficient (Wildman–Crippen LogP) is 2.70. The van der Waals surface area contributed by atoms with Crippen LogP contribution in [0.4, 0.5) is 0 Å². The summed E-state index contributed by atoms with van der Waals surface area (Å²) >= 11 is 0. The molecule has 0 radical (unpaired) electrons. The number of aromatic nitrogens is 2. The molecule has 0 bridgehead atoms. The van der Waals surface area contributed by atoms with Gasteiger partial charge in [-0.15, -0.1) is 0 Å². The van der Waals surface area contributed by atoms with Crippen molar-refractivity contribution in [3.05, 3.63) is 53.9 Å². The summed E-state index contributed by atoms with van der Waals surface area (Å²) < 4.78 is 1.86. The second kappa shape index (κ2) is 8.30. The Morgan fingerprint density at radius 3 is 2.76 bits per heavy atom. The molecule has 0 N–H and O–H groups in total. The number of amides is 1. The standard InChI is InChI=1S/C20H28N4O/c1-17-13-21-23(14-17)12-9-20(25)24-11-6-10-22(15-18(24)2)16-19-7-4-3-5-8-19/h3-5,7-8,13-14,18H,6,9-12,15-16H2,1-2H3/t18-/m0/s1. The number of carbonyl (C=O) groups excluding carboxylic acids is 1. The summed E-state index contributed by atoms with van der Waals surface area (Å²) in [6, 6.07) is 10.8. The highest BCUT2D eigenvalue weighted by atomic mass is 16.2. The number of rotatable bonds is 5. The van der Waals surface area contributed by atoms with Crippen molar-refractivity contribution in [2.24, 2.45) is 0 Å². The van der Waals surface area contributed by atoms with Crippen LogP contribution in [0.2, 0.25) is 0 Å². The third-order valence-corrected chi connectivity index (χ3v) is 4.81. The fourth-order valence-electron chi connectivity index (χ4n) is 3.55. The number of nitrogens with zero attached hydrogens (tertiary/aromatic N) is 4. The van der Waals surface area contributed by atoms with Crippen LogP contribution in [0.25, 0.3) is 0 Å². The fraction of sp³-hybridized carbons (Fsp3) is 0.500. The van der Waals surface area contributed by atoms with Gasteiger partial charge in [-0.1, -0.05) is 30.3 Å². The lowest BCUT2D eigenvalue weighted by molar-refractivity contribution is -0.133. The monoisotopic (exact) mass is 340 g/mol. The molecule has 1 aliphatic heterocycles. The van der Waals surface area contributed by atoms with Crippen LogP contribution >= 0.6 is 0 Å². The van der Waals surface area contributed by atoms with Crippen LogP contribution in [0.5, 0.6) is 0 Å². The maximum absolute atomic E-state index is 12.7. The molecule has 2 aromatic rings. The van der Waals surface area contributed by atoms with E-state index in [0.717, 1.165) is 38.2 Å². The maximum Gasteiger partial charge on any atom is 0.224 e. The van der Waals surface area contributed by atoms with E-state index in [2.05, 4.69) is 52.2 Å². The third kappa shape index (κ3) is 4.92. The van der Waals surface area contributed by atoms with Gasteiger partial charge in [-0.3, -0.25) is 14.4 Å². The molecule has 1 aromatic heterocycles. The zero-order chi connectivity index (χ0) is 17.6. The van der Waals surface area contributed by atoms with Gasteiger partial charge in [0.15, 0.2) is 0 Å². The topological polar surface area (TPSA) is 41.4 Å². The summed E-state index contributed by atoms with van der Waals surface area (Å²) in [6.45, 7) is 8.62. The van der Waals surface area contributed by atoms with E-state index >= 15 is 0 Å². The summed E-state index contributed by atoms with van der Waals surface area (Å²) in [5.41, 5.74) is 2.47. The lowest BCUT2D eigenvalue weighted by Crippen LogP contribution is -2.42. The Morgan fingerprint density at radius 1 is 1.24 bits per heavy atom. The molecule has 0 unspecified atom stereocenters. The number of aryl methyl sites for hydroxylation is 2. The Bertz CT molecular complexity index is 682. The van der Waals surface area contributed by atoms with Crippen molar-refractivity contribution in [3.63, 3.8) is 0 Å². The molecule has 25 heavy (non-hydrogen) atoms. The highest BCUT2D eigenvalue weighted by Gasteiger charge is 2.25. The molecule has 1 aliphatic rings. The molecule has 1 saturated heterocycles. The molecule has 1 atom stereocenters. The molecule has 2 heterocycles. The van der Waals surface area contributed by atoms with Crippen molar-refractivity contribution < 1.29 is 4.79 Å². The number of hydrogen-bond donors (Lipinski definition) is 0. The van der Waals surface area contributed by atoms with E-state index in [0.29, 0.717) is 13.0 Å². The Hall–Kier alpha value is -2.14. The summed E-state index contributed by atoms with van der Waals surface area (Å²) in [4.78, 5) is 17.2. The SMILES string of the molecule is Cc1cnn(CCC(=O)N2CCCN(Cc3ccccc3)C[C@@H]2C)c1. The first-order chi connectivity index (χ1) is 12.1. The molecule has 1 aromatic carbocycles. The highest BCUT2D eigenvalue weighted by molar-refractivity contribution is 5.76. The van der Waals surface area contributed by atoms with E-state index < -0.39 is 0 Å². The number of carbonyl (C=O) groups is 1. The average molecular weight is 340 g/mol. The van der Waals surface area contributed by atoms with Gasteiger partial charge < -0.3 is 4.90 Å². The minimum atomic E-state index is 0.238. The lowest BCUT2D eigenvalue weighted by atomic mass is 10.2. The first-order valence-corrected chi connectivity index (χ1v) is 9.16. The predicted molar refractivity (Wildman–Crippen MR) is 99.1 cm³/mol. The van der Waals surface area contributed by atoms with Crippen LogP contribution in [0.3, 0.4) is 0 Å². The maximum atomic E-state index is 12.7. The molecule has 5 nitrogen and oxygen atoms in total. The molecule has 1 fully saturated rings. The van der Waals surface area contributed by atoms with Crippen molar-refractivity contribution in [3.8, 4) is 0 Å². The summed E-state index contributed by atoms with van der Waals surface area (Å²) in [6.07, 6.45) is 5.37. The molecular formula is C20H28N4O. The van der Waals surface area contributed by atoms with Crippen molar-refractivity contribution in [2.75, 3.05) is 19.6 Å². The smallest absolute Gasteiger partial charge is 0.224 e. The van der Waals surface area contributed by atoms with Gasteiger partial charge in [0, 0.05) is 51.4 Å². The molecule has 134 valence electrons. The van der Waals surface area contributed by atoms with Crippen LogP contribution in [-0.2, 0) is 17.9 Å². The highest BCUT2D eigenvalue weighted by Crippen LogP contribution is 2.14. The minimum Gasteiger partial charge on any atom is -0.339 e.